The van der Waals surface area contributed by atoms with Crippen LogP contribution in [0.15, 0.2) is 72.8 Å². The molecular weight excluding hydrogens is 586 g/mol. The van der Waals surface area contributed by atoms with Crippen molar-refractivity contribution in [3.63, 3.8) is 0 Å². The fourth-order valence-corrected chi connectivity index (χ4v) is 6.58. The SMILES string of the molecule is COc1ccc(C)cc1N(CC(=O)N(Cc1cccc(Cl)c1)[C@@H](Cc1ccccc1)C(=O)NC1CCCCC1)S(C)(=O)=O. The second-order valence-corrected chi connectivity index (χ2v) is 13.5. The minimum absolute atomic E-state index is 0.0340. The summed E-state index contributed by atoms with van der Waals surface area (Å²) in [6, 6.07) is 20.9. The zero-order valence-electron chi connectivity index (χ0n) is 25.0. The maximum Gasteiger partial charge on any atom is 0.244 e. The Hall–Kier alpha value is -3.56. The van der Waals surface area contributed by atoms with Crippen LogP contribution in [0.25, 0.3) is 0 Å². The molecule has 0 spiro atoms. The van der Waals surface area contributed by atoms with Crippen molar-refractivity contribution in [2.75, 3.05) is 24.2 Å². The van der Waals surface area contributed by atoms with Crippen molar-refractivity contribution in [3.8, 4) is 5.75 Å². The standard InChI is InChI=1S/C33H40ClN3O5S/c1-24-17-18-31(42-2)29(19-24)37(43(3,40)41)23-32(38)36(22-26-13-10-14-27(34)20-26)30(21-25-11-6-4-7-12-25)33(39)35-28-15-8-5-9-16-28/h4,6-7,10-14,17-20,28,30H,5,8-9,15-16,21-23H2,1-3H3,(H,35,39)/t30-/m0/s1. The fourth-order valence-electron chi connectivity index (χ4n) is 5.52. The van der Waals surface area contributed by atoms with Gasteiger partial charge in [-0.15, -0.1) is 0 Å². The van der Waals surface area contributed by atoms with Crippen molar-refractivity contribution >= 4 is 39.1 Å². The van der Waals surface area contributed by atoms with E-state index in [1.165, 1.54) is 12.0 Å². The molecule has 0 heterocycles. The number of benzene rings is 3. The van der Waals surface area contributed by atoms with Crippen LogP contribution < -0.4 is 14.4 Å². The Balaban J connectivity index is 1.75. The summed E-state index contributed by atoms with van der Waals surface area (Å²) in [5, 5.41) is 3.70. The number of methoxy groups -OCH3 is 1. The smallest absolute Gasteiger partial charge is 0.244 e. The van der Waals surface area contributed by atoms with E-state index in [0.717, 1.165) is 59.4 Å². The number of carbonyl (C=O) groups excluding carboxylic acids is 2. The van der Waals surface area contributed by atoms with Gasteiger partial charge >= 0.3 is 0 Å². The molecule has 0 aromatic heterocycles. The van der Waals surface area contributed by atoms with Crippen LogP contribution in [0, 0.1) is 6.92 Å². The zero-order chi connectivity index (χ0) is 31.0. The summed E-state index contributed by atoms with van der Waals surface area (Å²) < 4.78 is 32.8. The number of halogens is 1. The number of ether oxygens (including phenoxy) is 1. The molecule has 0 aliphatic heterocycles. The topological polar surface area (TPSA) is 96.0 Å². The highest BCUT2D eigenvalue weighted by Gasteiger charge is 2.34. The molecule has 0 bridgehead atoms. The Morgan fingerprint density at radius 3 is 2.33 bits per heavy atom. The Kier molecular flexibility index (Phi) is 11.1. The Morgan fingerprint density at radius 1 is 0.977 bits per heavy atom. The van der Waals surface area contributed by atoms with Gasteiger partial charge in [0.05, 0.1) is 19.1 Å². The summed E-state index contributed by atoms with van der Waals surface area (Å²) in [5.74, 6) is -0.458. The molecule has 0 unspecified atom stereocenters. The lowest BCUT2D eigenvalue weighted by atomic mass is 9.94. The second-order valence-electron chi connectivity index (χ2n) is 11.1. The van der Waals surface area contributed by atoms with Crippen molar-refractivity contribution in [3.05, 3.63) is 94.5 Å². The van der Waals surface area contributed by atoms with Gasteiger partial charge in [0.15, 0.2) is 0 Å². The quantitative estimate of drug-likeness (QED) is 0.286. The summed E-state index contributed by atoms with van der Waals surface area (Å²) in [6.45, 7) is 1.39. The minimum atomic E-state index is -3.92. The van der Waals surface area contributed by atoms with E-state index in [4.69, 9.17) is 16.3 Å². The predicted molar refractivity (Wildman–Crippen MR) is 171 cm³/mol. The Morgan fingerprint density at radius 2 is 1.67 bits per heavy atom. The number of sulfonamides is 1. The zero-order valence-corrected chi connectivity index (χ0v) is 26.5. The first-order valence-corrected chi connectivity index (χ1v) is 16.8. The number of rotatable bonds is 12. The van der Waals surface area contributed by atoms with E-state index in [0.29, 0.717) is 10.8 Å². The van der Waals surface area contributed by atoms with Gasteiger partial charge in [0, 0.05) is 24.0 Å². The number of amides is 2. The molecule has 3 aromatic carbocycles. The molecule has 1 atom stereocenters. The third kappa shape index (κ3) is 8.97. The van der Waals surface area contributed by atoms with E-state index < -0.39 is 28.5 Å². The number of aryl methyl sites for hydroxylation is 1. The third-order valence-electron chi connectivity index (χ3n) is 7.75. The molecular formula is C33H40ClN3O5S. The molecule has 1 N–H and O–H groups in total. The molecule has 1 aliphatic rings. The Bertz CT molecular complexity index is 1510. The van der Waals surface area contributed by atoms with Gasteiger partial charge < -0.3 is 15.0 Å². The van der Waals surface area contributed by atoms with Crippen LogP contribution in [0.1, 0.15) is 48.8 Å². The first-order chi connectivity index (χ1) is 20.5. The number of anilines is 1. The van der Waals surface area contributed by atoms with Crippen LogP contribution >= 0.6 is 11.6 Å². The van der Waals surface area contributed by atoms with E-state index in [1.54, 1.807) is 30.3 Å². The molecule has 2 amide bonds. The van der Waals surface area contributed by atoms with Crippen molar-refractivity contribution in [1.29, 1.82) is 0 Å². The molecule has 1 fully saturated rings. The molecule has 4 rings (SSSR count). The van der Waals surface area contributed by atoms with Gasteiger partial charge in [-0.1, -0.05) is 79.4 Å². The molecule has 10 heteroatoms. The highest BCUT2D eigenvalue weighted by atomic mass is 35.5. The predicted octanol–water partition coefficient (Wildman–Crippen LogP) is 5.51. The van der Waals surface area contributed by atoms with E-state index in [-0.39, 0.29) is 30.6 Å². The number of hydrogen-bond acceptors (Lipinski definition) is 5. The van der Waals surface area contributed by atoms with Gasteiger partial charge in [0.2, 0.25) is 21.8 Å². The average molecular weight is 626 g/mol. The fraction of sp³-hybridized carbons (Fsp3) is 0.394. The van der Waals surface area contributed by atoms with Crippen molar-refractivity contribution in [1.82, 2.24) is 10.2 Å². The molecule has 8 nitrogen and oxygen atoms in total. The summed E-state index contributed by atoms with van der Waals surface area (Å²) in [5.41, 5.74) is 2.67. The molecule has 1 aliphatic carbocycles. The van der Waals surface area contributed by atoms with E-state index in [9.17, 15) is 18.0 Å². The van der Waals surface area contributed by atoms with Crippen molar-refractivity contribution in [2.24, 2.45) is 0 Å². The Labute approximate surface area is 260 Å². The number of carbonyl (C=O) groups is 2. The summed E-state index contributed by atoms with van der Waals surface area (Å²) in [4.78, 5) is 29.9. The number of hydrogen-bond donors (Lipinski definition) is 1. The van der Waals surface area contributed by atoms with E-state index >= 15 is 0 Å². The van der Waals surface area contributed by atoms with Crippen LogP contribution in [0.4, 0.5) is 5.69 Å². The van der Waals surface area contributed by atoms with Crippen LogP contribution in [0.2, 0.25) is 5.02 Å². The van der Waals surface area contributed by atoms with Gasteiger partial charge in [0.25, 0.3) is 0 Å². The normalized spacial score (nSPS) is 14.5. The first-order valence-electron chi connectivity index (χ1n) is 14.6. The molecule has 230 valence electrons. The maximum atomic E-state index is 14.3. The van der Waals surface area contributed by atoms with Crippen LogP contribution in [0.3, 0.4) is 0 Å². The first kappa shape index (κ1) is 32.4. The summed E-state index contributed by atoms with van der Waals surface area (Å²) in [6.07, 6.45) is 6.33. The van der Waals surface area contributed by atoms with Crippen LogP contribution in [-0.2, 0) is 32.6 Å². The molecule has 3 aromatic rings. The van der Waals surface area contributed by atoms with Crippen LogP contribution in [0.5, 0.6) is 5.75 Å². The minimum Gasteiger partial charge on any atom is -0.495 e. The summed E-state index contributed by atoms with van der Waals surface area (Å²) in [7, 11) is -2.47. The van der Waals surface area contributed by atoms with Gasteiger partial charge in [-0.3, -0.25) is 13.9 Å². The van der Waals surface area contributed by atoms with Gasteiger partial charge in [0.1, 0.15) is 18.3 Å². The van der Waals surface area contributed by atoms with Crippen molar-refractivity contribution < 1.29 is 22.7 Å². The monoisotopic (exact) mass is 625 g/mol. The molecule has 1 saturated carbocycles. The molecule has 43 heavy (non-hydrogen) atoms. The van der Waals surface area contributed by atoms with Gasteiger partial charge in [-0.2, -0.15) is 0 Å². The lowest BCUT2D eigenvalue weighted by Gasteiger charge is -2.35. The average Bonchev–Trinajstić information content (AvgIpc) is 2.98. The number of nitrogens with one attached hydrogen (secondary N) is 1. The lowest BCUT2D eigenvalue weighted by molar-refractivity contribution is -0.140. The third-order valence-corrected chi connectivity index (χ3v) is 9.11. The maximum absolute atomic E-state index is 14.3. The lowest BCUT2D eigenvalue weighted by Crippen LogP contribution is -2.55. The second kappa shape index (κ2) is 14.8. The van der Waals surface area contributed by atoms with Gasteiger partial charge in [-0.25, -0.2) is 8.42 Å². The van der Waals surface area contributed by atoms with E-state index in [2.05, 4.69) is 5.32 Å². The highest BCUT2D eigenvalue weighted by molar-refractivity contribution is 7.92. The number of nitrogens with zero attached hydrogens (tertiary/aromatic N) is 2. The molecule has 0 saturated heterocycles. The van der Waals surface area contributed by atoms with Crippen LogP contribution in [-0.4, -0.2) is 57.1 Å². The highest BCUT2D eigenvalue weighted by Crippen LogP contribution is 2.31. The largest absolute Gasteiger partial charge is 0.495 e. The van der Waals surface area contributed by atoms with Gasteiger partial charge in [-0.05, 0) is 60.7 Å². The van der Waals surface area contributed by atoms with Crippen molar-refractivity contribution in [2.45, 2.75) is 64.1 Å². The molecule has 0 radical (unpaired) electrons. The van der Waals surface area contributed by atoms with E-state index in [1.807, 2.05) is 49.4 Å². The summed E-state index contributed by atoms with van der Waals surface area (Å²) >= 11 is 6.30.